The van der Waals surface area contributed by atoms with Gasteiger partial charge in [-0.15, -0.1) is 0 Å². The van der Waals surface area contributed by atoms with Gasteiger partial charge in [0, 0.05) is 19.0 Å². The lowest BCUT2D eigenvalue weighted by Crippen LogP contribution is -2.36. The minimum Gasteiger partial charge on any atom is -0.356 e. The third kappa shape index (κ3) is 2.20. The quantitative estimate of drug-likeness (QED) is 0.841. The van der Waals surface area contributed by atoms with Gasteiger partial charge in [0.1, 0.15) is 22.8 Å². The fourth-order valence-corrected chi connectivity index (χ4v) is 3.38. The Labute approximate surface area is 115 Å². The summed E-state index contributed by atoms with van der Waals surface area (Å²) in [6, 6.07) is 0. The number of carbonyl (C=O) groups is 1. The number of anilines is 1. The molecule has 100 valence electrons. The van der Waals surface area contributed by atoms with Gasteiger partial charge in [-0.1, -0.05) is 0 Å². The Morgan fingerprint density at radius 2 is 2.11 bits per heavy atom. The van der Waals surface area contributed by atoms with Crippen LogP contribution in [-0.4, -0.2) is 33.2 Å². The van der Waals surface area contributed by atoms with Crippen molar-refractivity contribution < 1.29 is 4.79 Å². The summed E-state index contributed by atoms with van der Waals surface area (Å²) < 4.78 is 4.35. The van der Waals surface area contributed by atoms with Crippen LogP contribution in [0.1, 0.15) is 25.5 Å². The van der Waals surface area contributed by atoms with Crippen LogP contribution in [0.3, 0.4) is 0 Å². The number of Topliss-reactive ketones (excluding diaryl/α,β-unsaturated/α-hetero) is 1. The first kappa shape index (κ1) is 12.5. The fraction of sp³-hybridized carbons (Fsp3) is 0.538. The van der Waals surface area contributed by atoms with E-state index in [4.69, 9.17) is 0 Å². The highest BCUT2D eigenvalue weighted by Crippen LogP contribution is 2.31. The summed E-state index contributed by atoms with van der Waals surface area (Å²) in [4.78, 5) is 23.3. The van der Waals surface area contributed by atoms with Crippen LogP contribution in [0.4, 0.5) is 5.82 Å². The monoisotopic (exact) mass is 276 g/mol. The molecule has 0 radical (unpaired) electrons. The maximum Gasteiger partial charge on any atom is 0.149 e. The molecule has 2 aromatic rings. The second-order valence-electron chi connectivity index (χ2n) is 5.02. The van der Waals surface area contributed by atoms with E-state index in [0.717, 1.165) is 47.7 Å². The first-order valence-electron chi connectivity index (χ1n) is 6.49. The van der Waals surface area contributed by atoms with Crippen molar-refractivity contribution in [1.29, 1.82) is 0 Å². The van der Waals surface area contributed by atoms with Crippen molar-refractivity contribution in [1.82, 2.24) is 14.3 Å². The third-order valence-electron chi connectivity index (χ3n) is 3.79. The molecule has 0 N–H and O–H groups in total. The average molecular weight is 276 g/mol. The Balaban J connectivity index is 1.90. The van der Waals surface area contributed by atoms with Gasteiger partial charge in [0.15, 0.2) is 0 Å². The zero-order valence-electron chi connectivity index (χ0n) is 11.1. The number of rotatable bonds is 2. The summed E-state index contributed by atoms with van der Waals surface area (Å²) in [6.45, 7) is 5.45. The van der Waals surface area contributed by atoms with Gasteiger partial charge in [0.25, 0.3) is 0 Å². The maximum absolute atomic E-state index is 11.4. The number of ketones is 1. The van der Waals surface area contributed by atoms with Crippen LogP contribution in [0.2, 0.25) is 0 Å². The van der Waals surface area contributed by atoms with Gasteiger partial charge in [-0.05, 0) is 38.2 Å². The number of aryl methyl sites for hydroxylation is 1. The Bertz CT molecular complexity index is 616. The predicted molar refractivity (Wildman–Crippen MR) is 75.6 cm³/mol. The number of piperidine rings is 1. The van der Waals surface area contributed by atoms with Crippen molar-refractivity contribution in [3.63, 3.8) is 0 Å². The van der Waals surface area contributed by atoms with E-state index in [1.165, 1.54) is 11.5 Å². The van der Waals surface area contributed by atoms with Gasteiger partial charge < -0.3 is 4.90 Å². The summed E-state index contributed by atoms with van der Waals surface area (Å²) in [5.41, 5.74) is 0.990. The van der Waals surface area contributed by atoms with Crippen LogP contribution in [0.15, 0.2) is 6.33 Å². The van der Waals surface area contributed by atoms with Gasteiger partial charge in [-0.2, -0.15) is 4.37 Å². The minimum absolute atomic E-state index is 0.218. The molecule has 0 atom stereocenters. The van der Waals surface area contributed by atoms with Crippen molar-refractivity contribution >= 4 is 33.4 Å². The van der Waals surface area contributed by atoms with E-state index in [9.17, 15) is 4.79 Å². The maximum atomic E-state index is 11.4. The number of fused-ring (bicyclic) bond motifs is 1. The van der Waals surface area contributed by atoms with Crippen LogP contribution in [0, 0.1) is 12.8 Å². The van der Waals surface area contributed by atoms with Gasteiger partial charge in [0.2, 0.25) is 0 Å². The second-order valence-corrected chi connectivity index (χ2v) is 5.77. The standard InChI is InChI=1S/C13H16N4OS/c1-8-11-12(14-7-15-13(11)19-16-8)17-5-3-10(4-6-17)9(2)18/h7,10H,3-6H2,1-2H3. The zero-order chi connectivity index (χ0) is 13.4. The summed E-state index contributed by atoms with van der Waals surface area (Å²) in [7, 11) is 0. The lowest BCUT2D eigenvalue weighted by molar-refractivity contribution is -0.121. The second kappa shape index (κ2) is 4.85. The molecule has 1 fully saturated rings. The van der Waals surface area contributed by atoms with E-state index >= 15 is 0 Å². The molecule has 3 heterocycles. The van der Waals surface area contributed by atoms with Crippen molar-refractivity contribution in [3.05, 3.63) is 12.0 Å². The first-order valence-corrected chi connectivity index (χ1v) is 7.26. The predicted octanol–water partition coefficient (Wildman–Crippen LogP) is 2.20. The normalized spacial score (nSPS) is 17.1. The van der Waals surface area contributed by atoms with Crippen molar-refractivity contribution in [2.75, 3.05) is 18.0 Å². The Morgan fingerprint density at radius 1 is 1.37 bits per heavy atom. The highest BCUT2D eigenvalue weighted by molar-refractivity contribution is 7.13. The third-order valence-corrected chi connectivity index (χ3v) is 4.64. The molecule has 1 saturated heterocycles. The van der Waals surface area contributed by atoms with E-state index < -0.39 is 0 Å². The van der Waals surface area contributed by atoms with Crippen LogP contribution in [0.25, 0.3) is 10.2 Å². The molecular weight excluding hydrogens is 260 g/mol. The van der Waals surface area contributed by atoms with E-state index in [0.29, 0.717) is 5.78 Å². The lowest BCUT2D eigenvalue weighted by Gasteiger charge is -2.31. The molecular formula is C13H16N4OS. The van der Waals surface area contributed by atoms with Crippen LogP contribution < -0.4 is 4.90 Å². The highest BCUT2D eigenvalue weighted by Gasteiger charge is 2.25. The van der Waals surface area contributed by atoms with Crippen LogP contribution >= 0.6 is 11.5 Å². The van der Waals surface area contributed by atoms with E-state index in [-0.39, 0.29) is 5.92 Å². The number of nitrogens with zero attached hydrogens (tertiary/aromatic N) is 4. The molecule has 5 nitrogen and oxygen atoms in total. The summed E-state index contributed by atoms with van der Waals surface area (Å²) in [6.07, 6.45) is 3.43. The Morgan fingerprint density at radius 3 is 2.79 bits per heavy atom. The van der Waals surface area contributed by atoms with Gasteiger partial charge in [-0.3, -0.25) is 4.79 Å². The molecule has 0 bridgehead atoms. The molecule has 0 spiro atoms. The molecule has 0 saturated carbocycles. The highest BCUT2D eigenvalue weighted by atomic mass is 32.1. The van der Waals surface area contributed by atoms with Gasteiger partial charge in [0.05, 0.1) is 11.1 Å². The largest absolute Gasteiger partial charge is 0.356 e. The smallest absolute Gasteiger partial charge is 0.149 e. The van der Waals surface area contributed by atoms with E-state index in [2.05, 4.69) is 19.2 Å². The van der Waals surface area contributed by atoms with Crippen molar-refractivity contribution in [3.8, 4) is 0 Å². The lowest BCUT2D eigenvalue weighted by atomic mass is 9.93. The fourth-order valence-electron chi connectivity index (χ4n) is 2.64. The molecule has 19 heavy (non-hydrogen) atoms. The van der Waals surface area contributed by atoms with E-state index in [1.807, 2.05) is 6.92 Å². The number of aromatic nitrogens is 3. The van der Waals surface area contributed by atoms with E-state index in [1.54, 1.807) is 13.3 Å². The zero-order valence-corrected chi connectivity index (χ0v) is 11.9. The summed E-state index contributed by atoms with van der Waals surface area (Å²) in [5, 5.41) is 1.06. The minimum atomic E-state index is 0.218. The Hall–Kier alpha value is -1.56. The summed E-state index contributed by atoms with van der Waals surface area (Å²) in [5.74, 6) is 1.49. The van der Waals surface area contributed by atoms with Gasteiger partial charge in [-0.25, -0.2) is 9.97 Å². The Kier molecular flexibility index (Phi) is 3.18. The summed E-state index contributed by atoms with van der Waals surface area (Å²) >= 11 is 1.42. The van der Waals surface area contributed by atoms with Gasteiger partial charge >= 0.3 is 0 Å². The molecule has 0 amide bonds. The molecule has 0 aliphatic carbocycles. The molecule has 3 rings (SSSR count). The van der Waals surface area contributed by atoms with Crippen molar-refractivity contribution in [2.24, 2.45) is 5.92 Å². The SMILES string of the molecule is CC(=O)C1CCN(c2ncnc3snc(C)c23)CC1. The number of hydrogen-bond donors (Lipinski definition) is 0. The molecule has 1 aliphatic heterocycles. The van der Waals surface area contributed by atoms with Crippen molar-refractivity contribution in [2.45, 2.75) is 26.7 Å². The average Bonchev–Trinajstić information content (AvgIpc) is 2.81. The molecule has 2 aromatic heterocycles. The molecule has 6 heteroatoms. The number of carbonyl (C=O) groups excluding carboxylic acids is 1. The van der Waals surface area contributed by atoms with Crippen LogP contribution in [0.5, 0.6) is 0 Å². The molecule has 0 aromatic carbocycles. The molecule has 1 aliphatic rings. The first-order chi connectivity index (χ1) is 9.16. The molecule has 0 unspecified atom stereocenters. The number of hydrogen-bond acceptors (Lipinski definition) is 6. The van der Waals surface area contributed by atoms with Crippen LogP contribution in [-0.2, 0) is 4.79 Å². The topological polar surface area (TPSA) is 59.0 Å².